The largest absolute Gasteiger partial charge is 0.457 e. The van der Waals surface area contributed by atoms with Crippen LogP contribution in [0, 0.1) is 5.92 Å². The highest BCUT2D eigenvalue weighted by atomic mass is 16.5. The van der Waals surface area contributed by atoms with Crippen LogP contribution in [-0.4, -0.2) is 0 Å². The van der Waals surface area contributed by atoms with Crippen LogP contribution in [0.4, 0.5) is 0 Å². The van der Waals surface area contributed by atoms with Gasteiger partial charge < -0.3 is 4.74 Å². The minimum Gasteiger partial charge on any atom is -0.457 e. The van der Waals surface area contributed by atoms with E-state index in [0.717, 1.165) is 40.2 Å². The highest BCUT2D eigenvalue weighted by molar-refractivity contribution is 5.79. The van der Waals surface area contributed by atoms with Crippen molar-refractivity contribution in [3.05, 3.63) is 209 Å². The third kappa shape index (κ3) is 4.36. The second-order valence-electron chi connectivity index (χ2n) is 11.5. The van der Waals surface area contributed by atoms with Crippen LogP contribution in [0.5, 0.6) is 11.5 Å². The van der Waals surface area contributed by atoms with Gasteiger partial charge in [0.05, 0.1) is 5.41 Å². The van der Waals surface area contributed by atoms with E-state index in [2.05, 4.69) is 163 Å². The number of para-hydroxylation sites is 2. The molecular weight excluding hydrogens is 532 g/mol. The molecule has 208 valence electrons. The van der Waals surface area contributed by atoms with Crippen LogP contribution in [-0.2, 0) is 5.41 Å². The van der Waals surface area contributed by atoms with Crippen LogP contribution in [0.15, 0.2) is 181 Å². The zero-order valence-corrected chi connectivity index (χ0v) is 24.3. The number of hydrogen-bond acceptors (Lipinski definition) is 1. The Kier molecular flexibility index (Phi) is 6.47. The molecule has 0 saturated heterocycles. The van der Waals surface area contributed by atoms with Crippen molar-refractivity contribution in [3.63, 3.8) is 0 Å². The maximum Gasteiger partial charge on any atom is 0.132 e. The van der Waals surface area contributed by atoms with Gasteiger partial charge in [-0.15, -0.1) is 0 Å². The summed E-state index contributed by atoms with van der Waals surface area (Å²) in [6.07, 6.45) is 14.1. The first-order chi connectivity index (χ1) is 21.8. The minimum absolute atomic E-state index is 0.372. The van der Waals surface area contributed by atoms with E-state index in [9.17, 15) is 0 Å². The summed E-state index contributed by atoms with van der Waals surface area (Å²) in [7, 11) is 0. The van der Waals surface area contributed by atoms with Crippen molar-refractivity contribution >= 4 is 5.57 Å². The third-order valence-corrected chi connectivity index (χ3v) is 8.96. The molecule has 0 radical (unpaired) electrons. The van der Waals surface area contributed by atoms with Gasteiger partial charge in [0.25, 0.3) is 0 Å². The minimum atomic E-state index is -0.540. The number of rotatable bonds is 5. The van der Waals surface area contributed by atoms with Gasteiger partial charge in [-0.3, -0.25) is 0 Å². The molecule has 5 aromatic rings. The van der Waals surface area contributed by atoms with Crippen molar-refractivity contribution in [3.8, 4) is 22.6 Å². The van der Waals surface area contributed by atoms with Crippen molar-refractivity contribution in [2.75, 3.05) is 0 Å². The second-order valence-corrected chi connectivity index (χ2v) is 11.5. The molecule has 3 aliphatic rings. The van der Waals surface area contributed by atoms with Gasteiger partial charge in [-0.25, -0.2) is 0 Å². The van der Waals surface area contributed by atoms with Crippen LogP contribution < -0.4 is 4.74 Å². The van der Waals surface area contributed by atoms with Crippen LogP contribution >= 0.6 is 0 Å². The number of hydrogen-bond donors (Lipinski definition) is 0. The average molecular weight is 563 g/mol. The van der Waals surface area contributed by atoms with E-state index in [4.69, 9.17) is 4.74 Å². The van der Waals surface area contributed by atoms with Crippen molar-refractivity contribution in [2.24, 2.45) is 5.92 Å². The summed E-state index contributed by atoms with van der Waals surface area (Å²) in [5.74, 6) is 2.15. The summed E-state index contributed by atoms with van der Waals surface area (Å²) in [5, 5.41) is 0. The molecule has 0 spiro atoms. The summed E-state index contributed by atoms with van der Waals surface area (Å²) >= 11 is 0. The Labute approximate surface area is 258 Å². The highest BCUT2D eigenvalue weighted by Crippen LogP contribution is 2.55. The number of benzene rings is 5. The molecular formula is C43H30O. The fraction of sp³-hybridized carbons (Fsp3) is 0.0698. The van der Waals surface area contributed by atoms with Crippen molar-refractivity contribution < 1.29 is 4.74 Å². The summed E-state index contributed by atoms with van der Waals surface area (Å²) < 4.78 is 6.49. The van der Waals surface area contributed by atoms with E-state index >= 15 is 0 Å². The van der Waals surface area contributed by atoms with Gasteiger partial charge in [0.1, 0.15) is 11.5 Å². The smallest absolute Gasteiger partial charge is 0.132 e. The van der Waals surface area contributed by atoms with Crippen LogP contribution in [0.25, 0.3) is 16.7 Å². The number of ether oxygens (including phenoxy) is 1. The Morgan fingerprint density at radius 2 is 1.23 bits per heavy atom. The standard InChI is InChI=1S/C43H30O/c1-3-13-31(14-4-1)32-25-27-33(28-26-32)34-15-11-16-35(29-34)36-17-12-20-38(30-36)43(37-18-5-2-6-19-37)39-21-7-9-23-41(39)44-42-24-10-8-22-40(42)43/h1-13,15-25,27,29-31H,14H2. The summed E-state index contributed by atoms with van der Waals surface area (Å²) in [6.45, 7) is 0. The van der Waals surface area contributed by atoms with E-state index in [1.165, 1.54) is 27.8 Å². The molecule has 0 aromatic heterocycles. The molecule has 0 amide bonds. The number of fused-ring (bicyclic) bond motifs is 2. The normalized spacial score (nSPS) is 17.2. The predicted molar refractivity (Wildman–Crippen MR) is 180 cm³/mol. The number of allylic oxidation sites excluding steroid dienone is 8. The molecule has 1 atom stereocenters. The van der Waals surface area contributed by atoms with Gasteiger partial charge in [-0.1, -0.05) is 139 Å². The van der Waals surface area contributed by atoms with Gasteiger partial charge in [0, 0.05) is 28.2 Å². The maximum atomic E-state index is 6.49. The molecule has 1 heterocycles. The molecule has 1 heteroatoms. The molecule has 44 heavy (non-hydrogen) atoms. The van der Waals surface area contributed by atoms with Gasteiger partial charge in [-0.05, 0) is 70.7 Å². The van der Waals surface area contributed by atoms with E-state index in [0.29, 0.717) is 5.92 Å². The van der Waals surface area contributed by atoms with E-state index in [1.54, 1.807) is 0 Å². The fourth-order valence-electron chi connectivity index (χ4n) is 6.86. The Balaban J connectivity index is 1.28. The van der Waals surface area contributed by atoms with E-state index < -0.39 is 5.41 Å². The van der Waals surface area contributed by atoms with Crippen LogP contribution in [0.1, 0.15) is 34.2 Å². The molecule has 1 aliphatic heterocycles. The molecule has 5 aromatic carbocycles. The Bertz CT molecular complexity index is 2050. The zero-order valence-electron chi connectivity index (χ0n) is 24.3. The summed E-state index contributed by atoms with van der Waals surface area (Å²) in [4.78, 5) is 0. The lowest BCUT2D eigenvalue weighted by molar-refractivity contribution is 0.434. The third-order valence-electron chi connectivity index (χ3n) is 8.96. The van der Waals surface area contributed by atoms with Crippen molar-refractivity contribution in [2.45, 2.75) is 11.8 Å². The Morgan fingerprint density at radius 1 is 0.568 bits per heavy atom. The van der Waals surface area contributed by atoms with Gasteiger partial charge in [0.2, 0.25) is 0 Å². The SMILES string of the molecule is C1=C=C(C2C=CC=CC2)C=CC=1c1cccc(-c2cccc(C3(c4ccccc4)c4ccccc4Oc4ccccc43)c2)c1. The average Bonchev–Trinajstić information content (AvgIpc) is 3.11. The molecule has 0 saturated carbocycles. The molecule has 0 N–H and O–H groups in total. The van der Waals surface area contributed by atoms with Crippen molar-refractivity contribution in [1.82, 2.24) is 0 Å². The maximum absolute atomic E-state index is 6.49. The summed E-state index contributed by atoms with van der Waals surface area (Å²) in [6, 6.07) is 45.5. The fourth-order valence-corrected chi connectivity index (χ4v) is 6.86. The van der Waals surface area contributed by atoms with Crippen LogP contribution in [0.2, 0.25) is 0 Å². The lowest BCUT2D eigenvalue weighted by Gasteiger charge is -2.41. The second kappa shape index (κ2) is 10.9. The van der Waals surface area contributed by atoms with Crippen LogP contribution in [0.3, 0.4) is 0 Å². The van der Waals surface area contributed by atoms with E-state index in [1.807, 2.05) is 12.1 Å². The molecule has 1 nitrogen and oxygen atoms in total. The lowest BCUT2D eigenvalue weighted by atomic mass is 9.63. The monoisotopic (exact) mass is 562 g/mol. The summed E-state index contributed by atoms with van der Waals surface area (Å²) in [5.41, 5.74) is 16.7. The first-order valence-corrected chi connectivity index (χ1v) is 15.2. The molecule has 0 fully saturated rings. The highest BCUT2D eigenvalue weighted by Gasteiger charge is 2.45. The Morgan fingerprint density at radius 3 is 1.93 bits per heavy atom. The first kappa shape index (κ1) is 26.1. The van der Waals surface area contributed by atoms with Gasteiger partial charge >= 0.3 is 0 Å². The quantitative estimate of drug-likeness (QED) is 0.190. The lowest BCUT2D eigenvalue weighted by Crippen LogP contribution is -2.34. The van der Waals surface area contributed by atoms with Gasteiger partial charge in [-0.2, -0.15) is 0 Å². The molecule has 1 unspecified atom stereocenters. The predicted octanol–water partition coefficient (Wildman–Crippen LogP) is 10.6. The molecule has 8 rings (SSSR count). The van der Waals surface area contributed by atoms with E-state index in [-0.39, 0.29) is 0 Å². The zero-order chi connectivity index (χ0) is 29.3. The van der Waals surface area contributed by atoms with Gasteiger partial charge in [0.15, 0.2) is 0 Å². The molecule has 2 aliphatic carbocycles. The van der Waals surface area contributed by atoms with Crippen molar-refractivity contribution in [1.29, 1.82) is 0 Å². The Hall–Kier alpha value is -5.58. The first-order valence-electron chi connectivity index (χ1n) is 15.2. The molecule has 0 bridgehead atoms. The topological polar surface area (TPSA) is 9.23 Å².